The molecule has 0 saturated carbocycles. The normalized spacial score (nSPS) is 10.2. The molecule has 0 bridgehead atoms. The molecule has 0 aliphatic rings. The molecular formula is C17H22N2O2. The number of ether oxygens (including phenoxy) is 2. The van der Waals surface area contributed by atoms with Gasteiger partial charge in [-0.25, -0.2) is 0 Å². The van der Waals surface area contributed by atoms with Crippen molar-refractivity contribution >= 4 is 17.1 Å². The topological polar surface area (TPSA) is 56.5 Å². The Morgan fingerprint density at radius 2 is 1.62 bits per heavy atom. The molecule has 0 radical (unpaired) electrons. The van der Waals surface area contributed by atoms with Gasteiger partial charge in [-0.3, -0.25) is 0 Å². The van der Waals surface area contributed by atoms with Gasteiger partial charge < -0.3 is 20.5 Å². The number of benzene rings is 2. The van der Waals surface area contributed by atoms with Gasteiger partial charge in [0.2, 0.25) is 0 Å². The summed E-state index contributed by atoms with van der Waals surface area (Å²) in [7, 11) is 3.20. The van der Waals surface area contributed by atoms with Crippen molar-refractivity contribution in [3.63, 3.8) is 0 Å². The largest absolute Gasteiger partial charge is 0.493 e. The van der Waals surface area contributed by atoms with Crippen LogP contribution in [0.4, 0.5) is 17.1 Å². The Morgan fingerprint density at radius 1 is 1.00 bits per heavy atom. The van der Waals surface area contributed by atoms with Crippen molar-refractivity contribution in [1.82, 2.24) is 0 Å². The first-order chi connectivity index (χ1) is 10.2. The van der Waals surface area contributed by atoms with Crippen LogP contribution in [0.5, 0.6) is 11.5 Å². The second-order valence-corrected chi connectivity index (χ2v) is 4.87. The number of hydrogen-bond acceptors (Lipinski definition) is 4. The molecular weight excluding hydrogens is 264 g/mol. The second kappa shape index (κ2) is 6.88. The Bertz CT molecular complexity index is 594. The third kappa shape index (κ3) is 3.60. The van der Waals surface area contributed by atoms with E-state index in [9.17, 15) is 0 Å². The van der Waals surface area contributed by atoms with Gasteiger partial charge in [0.25, 0.3) is 0 Å². The van der Waals surface area contributed by atoms with Crippen molar-refractivity contribution in [2.24, 2.45) is 0 Å². The number of rotatable bonds is 6. The van der Waals surface area contributed by atoms with Crippen LogP contribution in [0.1, 0.15) is 18.9 Å². The lowest BCUT2D eigenvalue weighted by Crippen LogP contribution is -1.99. The van der Waals surface area contributed by atoms with Crippen molar-refractivity contribution in [1.29, 1.82) is 0 Å². The van der Waals surface area contributed by atoms with Crippen LogP contribution in [0.3, 0.4) is 0 Å². The van der Waals surface area contributed by atoms with Crippen LogP contribution in [-0.4, -0.2) is 14.2 Å². The van der Waals surface area contributed by atoms with Crippen LogP contribution < -0.4 is 20.5 Å². The molecule has 4 nitrogen and oxygen atoms in total. The number of methoxy groups -OCH3 is 2. The first kappa shape index (κ1) is 15.0. The smallest absolute Gasteiger partial charge is 0.162 e. The van der Waals surface area contributed by atoms with E-state index < -0.39 is 0 Å². The maximum Gasteiger partial charge on any atom is 0.162 e. The minimum Gasteiger partial charge on any atom is -0.493 e. The van der Waals surface area contributed by atoms with Crippen molar-refractivity contribution in [3.8, 4) is 11.5 Å². The van der Waals surface area contributed by atoms with Crippen LogP contribution in [0.25, 0.3) is 0 Å². The minimum absolute atomic E-state index is 0.616. The maximum absolute atomic E-state index is 6.05. The zero-order valence-electron chi connectivity index (χ0n) is 12.8. The van der Waals surface area contributed by atoms with E-state index in [1.165, 1.54) is 5.56 Å². The molecule has 0 fully saturated rings. The molecule has 0 aromatic heterocycles. The fourth-order valence-corrected chi connectivity index (χ4v) is 2.20. The lowest BCUT2D eigenvalue weighted by molar-refractivity contribution is 0.355. The summed E-state index contributed by atoms with van der Waals surface area (Å²) in [5.41, 5.74) is 9.80. The highest BCUT2D eigenvalue weighted by Gasteiger charge is 2.09. The molecule has 21 heavy (non-hydrogen) atoms. The Kier molecular flexibility index (Phi) is 4.93. The molecule has 4 heteroatoms. The van der Waals surface area contributed by atoms with E-state index in [1.54, 1.807) is 20.3 Å². The second-order valence-electron chi connectivity index (χ2n) is 4.87. The molecule has 0 spiro atoms. The van der Waals surface area contributed by atoms with Gasteiger partial charge in [0.1, 0.15) is 0 Å². The van der Waals surface area contributed by atoms with E-state index >= 15 is 0 Å². The van der Waals surface area contributed by atoms with E-state index in [-0.39, 0.29) is 0 Å². The predicted octanol–water partition coefficient (Wildman–Crippen LogP) is 3.98. The highest BCUT2D eigenvalue weighted by molar-refractivity contribution is 5.76. The number of aryl methyl sites for hydroxylation is 1. The average molecular weight is 286 g/mol. The van der Waals surface area contributed by atoms with Crippen LogP contribution >= 0.6 is 0 Å². The summed E-state index contributed by atoms with van der Waals surface area (Å²) in [6, 6.07) is 12.0. The molecule has 2 aromatic carbocycles. The highest BCUT2D eigenvalue weighted by atomic mass is 16.5. The quantitative estimate of drug-likeness (QED) is 0.789. The first-order valence-corrected chi connectivity index (χ1v) is 7.05. The molecule has 2 rings (SSSR count). The summed E-state index contributed by atoms with van der Waals surface area (Å²) >= 11 is 0. The van der Waals surface area contributed by atoms with Crippen molar-refractivity contribution in [2.45, 2.75) is 19.8 Å². The van der Waals surface area contributed by atoms with E-state index in [2.05, 4.69) is 36.5 Å². The van der Waals surface area contributed by atoms with Crippen molar-refractivity contribution < 1.29 is 9.47 Å². The Morgan fingerprint density at radius 3 is 2.19 bits per heavy atom. The summed E-state index contributed by atoms with van der Waals surface area (Å²) < 4.78 is 10.5. The number of anilines is 3. The van der Waals surface area contributed by atoms with Crippen LogP contribution in [0.2, 0.25) is 0 Å². The SMILES string of the molecule is CCCc1ccc(Nc2cc(OC)c(OC)cc2N)cc1. The molecule has 2 aromatic rings. The Hall–Kier alpha value is -2.36. The number of nitrogens with one attached hydrogen (secondary N) is 1. The number of hydrogen-bond donors (Lipinski definition) is 2. The van der Waals surface area contributed by atoms with Gasteiger partial charge in [0.15, 0.2) is 11.5 Å². The van der Waals surface area contributed by atoms with Crippen LogP contribution in [0.15, 0.2) is 36.4 Å². The third-order valence-corrected chi connectivity index (χ3v) is 3.33. The number of nitrogens with two attached hydrogens (primary N) is 1. The van der Waals surface area contributed by atoms with Gasteiger partial charge in [-0.2, -0.15) is 0 Å². The van der Waals surface area contributed by atoms with E-state index in [4.69, 9.17) is 15.2 Å². The summed E-state index contributed by atoms with van der Waals surface area (Å²) in [6.07, 6.45) is 2.24. The fraction of sp³-hybridized carbons (Fsp3) is 0.294. The molecule has 0 amide bonds. The molecule has 0 unspecified atom stereocenters. The molecule has 0 aliphatic carbocycles. The summed E-state index contributed by atoms with van der Waals surface area (Å²) in [4.78, 5) is 0. The van der Waals surface area contributed by atoms with Crippen LogP contribution in [-0.2, 0) is 6.42 Å². The minimum atomic E-state index is 0.616. The summed E-state index contributed by atoms with van der Waals surface area (Å²) in [5, 5.41) is 3.31. The van der Waals surface area contributed by atoms with Gasteiger partial charge in [0, 0.05) is 17.8 Å². The standard InChI is InChI=1S/C17H22N2O2/c1-4-5-12-6-8-13(9-7-12)19-15-11-17(21-3)16(20-2)10-14(15)18/h6-11,19H,4-5,18H2,1-3H3. The molecule has 0 saturated heterocycles. The van der Waals surface area contributed by atoms with Crippen LogP contribution in [0, 0.1) is 0 Å². The zero-order chi connectivity index (χ0) is 15.2. The van der Waals surface area contributed by atoms with Crippen molar-refractivity contribution in [3.05, 3.63) is 42.0 Å². The third-order valence-electron chi connectivity index (χ3n) is 3.33. The van der Waals surface area contributed by atoms with Gasteiger partial charge in [0.05, 0.1) is 25.6 Å². The summed E-state index contributed by atoms with van der Waals surface area (Å²) in [6.45, 7) is 2.18. The molecule has 3 N–H and O–H groups in total. The Balaban J connectivity index is 2.22. The Labute approximate surface area is 125 Å². The molecule has 112 valence electrons. The summed E-state index contributed by atoms with van der Waals surface area (Å²) in [5.74, 6) is 1.27. The monoisotopic (exact) mass is 286 g/mol. The van der Waals surface area contributed by atoms with Crippen molar-refractivity contribution in [2.75, 3.05) is 25.3 Å². The van der Waals surface area contributed by atoms with Gasteiger partial charge in [-0.05, 0) is 24.1 Å². The lowest BCUT2D eigenvalue weighted by atomic mass is 10.1. The lowest BCUT2D eigenvalue weighted by Gasteiger charge is -2.14. The predicted molar refractivity (Wildman–Crippen MR) is 87.7 cm³/mol. The molecule has 0 aliphatic heterocycles. The van der Waals surface area contributed by atoms with Gasteiger partial charge >= 0.3 is 0 Å². The molecule has 0 heterocycles. The first-order valence-electron chi connectivity index (χ1n) is 7.05. The number of nitrogen functional groups attached to an aromatic ring is 1. The van der Waals surface area contributed by atoms with Gasteiger partial charge in [-0.1, -0.05) is 25.5 Å². The van der Waals surface area contributed by atoms with E-state index in [1.807, 2.05) is 6.07 Å². The highest BCUT2D eigenvalue weighted by Crippen LogP contribution is 2.36. The molecule has 0 atom stereocenters. The maximum atomic E-state index is 6.05. The van der Waals surface area contributed by atoms with Gasteiger partial charge in [-0.15, -0.1) is 0 Å². The average Bonchev–Trinajstić information content (AvgIpc) is 2.51. The van der Waals surface area contributed by atoms with E-state index in [0.29, 0.717) is 17.2 Å². The fourth-order valence-electron chi connectivity index (χ4n) is 2.20. The zero-order valence-corrected chi connectivity index (χ0v) is 12.8. The van der Waals surface area contributed by atoms with E-state index in [0.717, 1.165) is 24.2 Å².